The van der Waals surface area contributed by atoms with Crippen LogP contribution in [0.3, 0.4) is 0 Å². The molecule has 20 heavy (non-hydrogen) atoms. The highest BCUT2D eigenvalue weighted by Gasteiger charge is 2.15. The van der Waals surface area contributed by atoms with E-state index in [1.807, 2.05) is 25.2 Å². The number of rotatable bonds is 9. The maximum absolute atomic E-state index is 6.07. The summed E-state index contributed by atoms with van der Waals surface area (Å²) in [5, 5.41) is 4.17. The number of ether oxygens (including phenoxy) is 1. The molecule has 0 heterocycles. The van der Waals surface area contributed by atoms with Crippen molar-refractivity contribution in [2.45, 2.75) is 32.4 Å². The highest BCUT2D eigenvalue weighted by atomic mass is 35.5. The van der Waals surface area contributed by atoms with Gasteiger partial charge in [0.2, 0.25) is 0 Å². The van der Waals surface area contributed by atoms with Gasteiger partial charge in [0.15, 0.2) is 0 Å². The van der Waals surface area contributed by atoms with E-state index in [2.05, 4.69) is 30.1 Å². The van der Waals surface area contributed by atoms with Crippen molar-refractivity contribution in [2.75, 3.05) is 33.9 Å². The molecule has 114 valence electrons. The summed E-state index contributed by atoms with van der Waals surface area (Å²) in [5.74, 6) is 0. The average Bonchev–Trinajstić information content (AvgIpc) is 2.44. The van der Waals surface area contributed by atoms with Gasteiger partial charge in [0.05, 0.1) is 6.61 Å². The van der Waals surface area contributed by atoms with Crippen LogP contribution in [0.5, 0.6) is 0 Å². The third kappa shape index (κ3) is 5.41. The molecule has 1 N–H and O–H groups in total. The first kappa shape index (κ1) is 17.4. The van der Waals surface area contributed by atoms with Gasteiger partial charge < -0.3 is 10.1 Å². The number of nitrogens with one attached hydrogen (secondary N) is 1. The quantitative estimate of drug-likeness (QED) is 0.757. The predicted octanol–water partition coefficient (Wildman–Crippen LogP) is 3.35. The molecule has 4 heteroatoms. The molecule has 2 unspecified atom stereocenters. The highest BCUT2D eigenvalue weighted by molar-refractivity contribution is 6.30. The summed E-state index contributed by atoms with van der Waals surface area (Å²) in [7, 11) is 3.76. The summed E-state index contributed by atoms with van der Waals surface area (Å²) in [4.78, 5) is 2.44. The van der Waals surface area contributed by atoms with Crippen LogP contribution >= 0.6 is 11.6 Å². The van der Waals surface area contributed by atoms with Gasteiger partial charge in [-0.25, -0.2) is 0 Å². The fourth-order valence-electron chi connectivity index (χ4n) is 2.53. The zero-order valence-corrected chi connectivity index (χ0v) is 13.8. The van der Waals surface area contributed by atoms with E-state index >= 15 is 0 Å². The Balaban J connectivity index is 2.60. The van der Waals surface area contributed by atoms with Crippen LogP contribution < -0.4 is 5.32 Å². The van der Waals surface area contributed by atoms with Crippen LogP contribution in [0.15, 0.2) is 24.3 Å². The standard InChI is InChI=1S/C16H27ClN2O/c1-5-19(13(2)12-20-4)10-9-16(18-3)14-7-6-8-15(17)11-14/h6-8,11,13,16,18H,5,9-10,12H2,1-4H3. The van der Waals surface area contributed by atoms with E-state index in [1.54, 1.807) is 7.11 Å². The summed E-state index contributed by atoms with van der Waals surface area (Å²) < 4.78 is 5.25. The van der Waals surface area contributed by atoms with Crippen molar-refractivity contribution in [1.82, 2.24) is 10.2 Å². The zero-order chi connectivity index (χ0) is 15.0. The second-order valence-electron chi connectivity index (χ2n) is 5.12. The molecule has 0 aliphatic rings. The Bertz CT molecular complexity index is 386. The average molecular weight is 299 g/mol. The van der Waals surface area contributed by atoms with E-state index in [0.29, 0.717) is 12.1 Å². The first-order valence-corrected chi connectivity index (χ1v) is 7.65. The smallest absolute Gasteiger partial charge is 0.0615 e. The normalized spacial score (nSPS) is 14.5. The van der Waals surface area contributed by atoms with Crippen LogP contribution in [0.2, 0.25) is 5.02 Å². The molecule has 0 radical (unpaired) electrons. The lowest BCUT2D eigenvalue weighted by Gasteiger charge is -2.29. The first-order valence-electron chi connectivity index (χ1n) is 7.28. The Morgan fingerprint density at radius 2 is 2.15 bits per heavy atom. The molecule has 2 atom stereocenters. The van der Waals surface area contributed by atoms with Crippen LogP contribution in [0, 0.1) is 0 Å². The molecular formula is C16H27ClN2O. The highest BCUT2D eigenvalue weighted by Crippen LogP contribution is 2.20. The number of likely N-dealkylation sites (N-methyl/N-ethyl adjacent to an activating group) is 1. The number of benzene rings is 1. The van der Waals surface area contributed by atoms with E-state index < -0.39 is 0 Å². The maximum Gasteiger partial charge on any atom is 0.0615 e. The predicted molar refractivity (Wildman–Crippen MR) is 86.5 cm³/mol. The van der Waals surface area contributed by atoms with E-state index in [4.69, 9.17) is 16.3 Å². The van der Waals surface area contributed by atoms with Gasteiger partial charge >= 0.3 is 0 Å². The molecule has 0 aliphatic carbocycles. The molecule has 0 spiro atoms. The van der Waals surface area contributed by atoms with Crippen LogP contribution in [-0.2, 0) is 4.74 Å². The lowest BCUT2D eigenvalue weighted by atomic mass is 10.0. The summed E-state index contributed by atoms with van der Waals surface area (Å²) in [6.45, 7) is 7.26. The number of methoxy groups -OCH3 is 1. The molecule has 0 aromatic heterocycles. The molecule has 0 fully saturated rings. The molecule has 0 saturated carbocycles. The third-order valence-electron chi connectivity index (χ3n) is 3.74. The molecule has 0 saturated heterocycles. The van der Waals surface area contributed by atoms with Gasteiger partial charge in [-0.1, -0.05) is 30.7 Å². The van der Waals surface area contributed by atoms with Crippen molar-refractivity contribution in [2.24, 2.45) is 0 Å². The second-order valence-corrected chi connectivity index (χ2v) is 5.55. The molecule has 0 bridgehead atoms. The minimum absolute atomic E-state index is 0.331. The molecule has 0 amide bonds. The summed E-state index contributed by atoms with van der Waals surface area (Å²) >= 11 is 6.07. The summed E-state index contributed by atoms with van der Waals surface area (Å²) in [6.07, 6.45) is 1.05. The van der Waals surface area contributed by atoms with Gasteiger partial charge in [-0.2, -0.15) is 0 Å². The zero-order valence-electron chi connectivity index (χ0n) is 13.0. The minimum Gasteiger partial charge on any atom is -0.383 e. The molecular weight excluding hydrogens is 272 g/mol. The first-order chi connectivity index (χ1) is 9.62. The van der Waals surface area contributed by atoms with Crippen LogP contribution in [0.25, 0.3) is 0 Å². The summed E-state index contributed by atoms with van der Waals surface area (Å²) in [6, 6.07) is 8.86. The van der Waals surface area contributed by atoms with Crippen molar-refractivity contribution < 1.29 is 4.74 Å². The van der Waals surface area contributed by atoms with Gasteiger partial charge in [0, 0.05) is 30.8 Å². The number of halogens is 1. The van der Waals surface area contributed by atoms with E-state index in [9.17, 15) is 0 Å². The van der Waals surface area contributed by atoms with E-state index in [-0.39, 0.29) is 0 Å². The Morgan fingerprint density at radius 1 is 1.40 bits per heavy atom. The van der Waals surface area contributed by atoms with Gasteiger partial charge in [-0.05, 0) is 44.6 Å². The number of hydrogen-bond acceptors (Lipinski definition) is 3. The van der Waals surface area contributed by atoms with Gasteiger partial charge in [0.1, 0.15) is 0 Å². The molecule has 0 aliphatic heterocycles. The lowest BCUT2D eigenvalue weighted by molar-refractivity contribution is 0.0998. The largest absolute Gasteiger partial charge is 0.383 e. The fraction of sp³-hybridized carbons (Fsp3) is 0.625. The van der Waals surface area contributed by atoms with Gasteiger partial charge in [-0.15, -0.1) is 0 Å². The van der Waals surface area contributed by atoms with Crippen molar-refractivity contribution in [3.8, 4) is 0 Å². The number of nitrogens with zero attached hydrogens (tertiary/aromatic N) is 1. The molecule has 1 rings (SSSR count). The van der Waals surface area contributed by atoms with Crippen molar-refractivity contribution >= 4 is 11.6 Å². The minimum atomic E-state index is 0.331. The Kier molecular flexibility index (Phi) is 8.15. The third-order valence-corrected chi connectivity index (χ3v) is 3.98. The maximum atomic E-state index is 6.07. The van der Waals surface area contributed by atoms with Crippen LogP contribution in [-0.4, -0.2) is 44.8 Å². The van der Waals surface area contributed by atoms with E-state index in [1.165, 1.54) is 5.56 Å². The van der Waals surface area contributed by atoms with Crippen molar-refractivity contribution in [3.05, 3.63) is 34.9 Å². The molecule has 1 aromatic carbocycles. The van der Waals surface area contributed by atoms with Crippen LogP contribution in [0.4, 0.5) is 0 Å². The topological polar surface area (TPSA) is 24.5 Å². The SMILES string of the molecule is CCN(CCC(NC)c1cccc(Cl)c1)C(C)COC. The second kappa shape index (κ2) is 9.35. The fourth-order valence-corrected chi connectivity index (χ4v) is 2.73. The van der Waals surface area contributed by atoms with E-state index in [0.717, 1.165) is 31.1 Å². The van der Waals surface area contributed by atoms with Gasteiger partial charge in [0.25, 0.3) is 0 Å². The number of hydrogen-bond donors (Lipinski definition) is 1. The summed E-state index contributed by atoms with van der Waals surface area (Å²) in [5.41, 5.74) is 1.25. The van der Waals surface area contributed by atoms with Crippen molar-refractivity contribution in [1.29, 1.82) is 0 Å². The van der Waals surface area contributed by atoms with Gasteiger partial charge in [-0.3, -0.25) is 4.90 Å². The lowest BCUT2D eigenvalue weighted by Crippen LogP contribution is -2.38. The Morgan fingerprint density at radius 3 is 2.70 bits per heavy atom. The molecule has 1 aromatic rings. The Hall–Kier alpha value is -0.610. The van der Waals surface area contributed by atoms with Crippen LogP contribution in [0.1, 0.15) is 31.9 Å². The Labute approximate surface area is 128 Å². The van der Waals surface area contributed by atoms with Crippen molar-refractivity contribution in [3.63, 3.8) is 0 Å². The molecule has 3 nitrogen and oxygen atoms in total. The monoisotopic (exact) mass is 298 g/mol.